The van der Waals surface area contributed by atoms with Gasteiger partial charge in [0.05, 0.1) is 34.8 Å². The summed E-state index contributed by atoms with van der Waals surface area (Å²) < 4.78 is 7.97. The number of carbonyl (C=O) groups is 6. The molecule has 312 valence electrons. The molecule has 7 heterocycles. The van der Waals surface area contributed by atoms with Crippen LogP contribution in [0.15, 0.2) is 67.0 Å². The first-order valence-corrected chi connectivity index (χ1v) is 20.8. The van der Waals surface area contributed by atoms with E-state index < -0.39 is 29.7 Å². The number of imidazole rings is 1. The van der Waals surface area contributed by atoms with E-state index in [0.29, 0.717) is 62.9 Å². The first-order valence-electron chi connectivity index (χ1n) is 20.8. The van der Waals surface area contributed by atoms with E-state index in [-0.39, 0.29) is 41.5 Å². The maximum absolute atomic E-state index is 13.3. The maximum atomic E-state index is 13.3. The van der Waals surface area contributed by atoms with Crippen molar-refractivity contribution in [2.24, 2.45) is 0 Å². The zero-order valence-corrected chi connectivity index (χ0v) is 33.7. The van der Waals surface area contributed by atoms with Crippen molar-refractivity contribution in [1.29, 1.82) is 0 Å². The Hall–Kier alpha value is -6.81. The number of piperidine rings is 1. The lowest BCUT2D eigenvalue weighted by atomic mass is 9.99. The van der Waals surface area contributed by atoms with Crippen LogP contribution in [0.5, 0.6) is 0 Å². The molecule has 4 aliphatic rings. The molecule has 16 heteroatoms. The van der Waals surface area contributed by atoms with Crippen molar-refractivity contribution in [3.8, 4) is 22.5 Å². The minimum Gasteiger partial charge on any atom is -0.384 e. The highest BCUT2D eigenvalue weighted by Gasteiger charge is 2.45. The van der Waals surface area contributed by atoms with Gasteiger partial charge in [-0.25, -0.2) is 4.98 Å². The molecule has 3 N–H and O–H groups in total. The van der Waals surface area contributed by atoms with Crippen LogP contribution in [0, 0.1) is 0 Å². The molecule has 0 radical (unpaired) electrons. The summed E-state index contributed by atoms with van der Waals surface area (Å²) >= 11 is 0. The molecule has 2 aromatic carbocycles. The second kappa shape index (κ2) is 16.7. The van der Waals surface area contributed by atoms with E-state index in [1.807, 2.05) is 35.4 Å². The molecule has 2 fully saturated rings. The van der Waals surface area contributed by atoms with Gasteiger partial charge in [-0.1, -0.05) is 24.3 Å². The predicted octanol–water partition coefficient (Wildman–Crippen LogP) is 4.44. The largest absolute Gasteiger partial charge is 0.384 e. The van der Waals surface area contributed by atoms with E-state index in [0.717, 1.165) is 70.1 Å². The van der Waals surface area contributed by atoms with E-state index in [1.54, 1.807) is 37.4 Å². The van der Waals surface area contributed by atoms with Crippen LogP contribution in [0.25, 0.3) is 33.3 Å². The number of ether oxygens (including phenoxy) is 1. The number of amides is 6. The van der Waals surface area contributed by atoms with E-state index in [1.165, 1.54) is 0 Å². The number of benzene rings is 2. The molecule has 2 saturated heterocycles. The molecule has 16 nitrogen and oxygen atoms in total. The first-order chi connectivity index (χ1) is 29.7. The number of unbranched alkanes of at least 4 members (excludes halogenated alkanes) is 1. The van der Waals surface area contributed by atoms with Gasteiger partial charge < -0.3 is 24.8 Å². The summed E-state index contributed by atoms with van der Waals surface area (Å²) in [7, 11) is 0. The monoisotopic (exact) mass is 823 g/mol. The van der Waals surface area contributed by atoms with Crippen LogP contribution < -0.4 is 16.0 Å². The fraction of sp³-hybridized carbons (Fsp3) is 0.356. The summed E-state index contributed by atoms with van der Waals surface area (Å²) in [6, 6.07) is 15.6. The Labute approximate surface area is 351 Å². The number of aromatic nitrogens is 4. The van der Waals surface area contributed by atoms with Crippen molar-refractivity contribution in [1.82, 2.24) is 40.0 Å². The molecule has 0 aliphatic carbocycles. The van der Waals surface area contributed by atoms with Gasteiger partial charge in [-0.3, -0.25) is 49.0 Å². The number of nitrogens with zero attached hydrogens (tertiary/aromatic N) is 6. The Morgan fingerprint density at radius 3 is 2.48 bits per heavy atom. The van der Waals surface area contributed by atoms with Gasteiger partial charge in [0.2, 0.25) is 17.7 Å². The molecule has 0 saturated carbocycles. The van der Waals surface area contributed by atoms with Crippen molar-refractivity contribution in [3.63, 3.8) is 0 Å². The quantitative estimate of drug-likeness (QED) is 0.126. The SMILES string of the molecule is CC(=O)N1CCn2c(C3CCOCC3)nc(-c3cccc4cc(-c5ccc(C(=O)NCCCCNc6cccc7c6C(=O)N(C6CCC(=O)NC6=O)C7=O)nc5)ncc34)c2C1. The molecule has 3 aromatic heterocycles. The van der Waals surface area contributed by atoms with Crippen LogP contribution in [-0.2, 0) is 32.2 Å². The average Bonchev–Trinajstić information content (AvgIpc) is 3.78. The molecule has 61 heavy (non-hydrogen) atoms. The summed E-state index contributed by atoms with van der Waals surface area (Å²) in [5, 5.41) is 10.3. The number of anilines is 1. The van der Waals surface area contributed by atoms with Gasteiger partial charge in [0.25, 0.3) is 17.7 Å². The number of rotatable bonds is 11. The number of nitrogens with one attached hydrogen (secondary N) is 3. The van der Waals surface area contributed by atoms with Gasteiger partial charge in [0.1, 0.15) is 17.6 Å². The molecule has 1 atom stereocenters. The zero-order chi connectivity index (χ0) is 42.2. The van der Waals surface area contributed by atoms with E-state index >= 15 is 0 Å². The van der Waals surface area contributed by atoms with Crippen LogP contribution in [0.2, 0.25) is 0 Å². The lowest BCUT2D eigenvalue weighted by Crippen LogP contribution is -2.54. The van der Waals surface area contributed by atoms with E-state index in [4.69, 9.17) is 14.7 Å². The Morgan fingerprint density at radius 1 is 0.885 bits per heavy atom. The Bertz CT molecular complexity index is 2600. The summed E-state index contributed by atoms with van der Waals surface area (Å²) in [6.07, 6.45) is 6.78. The lowest BCUT2D eigenvalue weighted by molar-refractivity contribution is -0.136. The summed E-state index contributed by atoms with van der Waals surface area (Å²) in [5.74, 6) is -1.09. The number of carbonyl (C=O) groups excluding carboxylic acids is 6. The minimum absolute atomic E-state index is 0.0496. The van der Waals surface area contributed by atoms with Gasteiger partial charge in [-0.15, -0.1) is 0 Å². The molecule has 0 spiro atoms. The molecule has 0 bridgehead atoms. The first kappa shape index (κ1) is 39.6. The second-order valence-electron chi connectivity index (χ2n) is 15.8. The number of hydrogen-bond acceptors (Lipinski definition) is 11. The summed E-state index contributed by atoms with van der Waals surface area (Å²) in [4.78, 5) is 93.3. The van der Waals surface area contributed by atoms with Crippen molar-refractivity contribution < 1.29 is 33.5 Å². The highest BCUT2D eigenvalue weighted by molar-refractivity contribution is 6.25. The maximum Gasteiger partial charge on any atom is 0.269 e. The summed E-state index contributed by atoms with van der Waals surface area (Å²) in [5.41, 5.74) is 5.56. The van der Waals surface area contributed by atoms with Gasteiger partial charge in [0.15, 0.2) is 0 Å². The van der Waals surface area contributed by atoms with Crippen molar-refractivity contribution >= 4 is 51.9 Å². The van der Waals surface area contributed by atoms with Crippen molar-refractivity contribution in [3.05, 3.63) is 95.3 Å². The van der Waals surface area contributed by atoms with Gasteiger partial charge in [-0.2, -0.15) is 0 Å². The van der Waals surface area contributed by atoms with Gasteiger partial charge >= 0.3 is 0 Å². The van der Waals surface area contributed by atoms with Crippen LogP contribution in [0.3, 0.4) is 0 Å². The zero-order valence-electron chi connectivity index (χ0n) is 33.7. The summed E-state index contributed by atoms with van der Waals surface area (Å²) in [6.45, 7) is 5.79. The molecule has 5 aromatic rings. The van der Waals surface area contributed by atoms with Crippen LogP contribution >= 0.6 is 0 Å². The fourth-order valence-electron chi connectivity index (χ4n) is 8.79. The molecular weight excluding hydrogens is 779 g/mol. The predicted molar refractivity (Wildman–Crippen MR) is 223 cm³/mol. The van der Waals surface area contributed by atoms with Crippen LogP contribution in [0.1, 0.15) is 94.1 Å². The minimum atomic E-state index is -1.03. The number of pyridine rings is 2. The highest BCUT2D eigenvalue weighted by atomic mass is 16.5. The Balaban J connectivity index is 0.813. The van der Waals surface area contributed by atoms with Crippen molar-refractivity contribution in [2.75, 3.05) is 38.2 Å². The average molecular weight is 824 g/mol. The highest BCUT2D eigenvalue weighted by Crippen LogP contribution is 2.38. The third-order valence-corrected chi connectivity index (χ3v) is 12.1. The van der Waals surface area contributed by atoms with Gasteiger partial charge in [-0.05, 0) is 67.8 Å². The third-order valence-electron chi connectivity index (χ3n) is 12.1. The molecular formula is C45H45N9O7. The normalized spacial score (nSPS) is 18.0. The van der Waals surface area contributed by atoms with E-state index in [2.05, 4.69) is 31.6 Å². The number of hydrogen-bond donors (Lipinski definition) is 3. The van der Waals surface area contributed by atoms with Gasteiger partial charge in [0, 0.05) is 93.2 Å². The Morgan fingerprint density at radius 2 is 1.69 bits per heavy atom. The molecule has 6 amide bonds. The molecule has 1 unspecified atom stereocenters. The van der Waals surface area contributed by atoms with Crippen LogP contribution in [-0.4, -0.2) is 104 Å². The second-order valence-corrected chi connectivity index (χ2v) is 15.8. The lowest BCUT2D eigenvalue weighted by Gasteiger charge is -2.30. The fourth-order valence-corrected chi connectivity index (χ4v) is 8.79. The van der Waals surface area contributed by atoms with E-state index in [9.17, 15) is 28.8 Å². The Kier molecular flexibility index (Phi) is 10.8. The standard InChI is InChI=1S/C45H45N9O7/c1-26(55)52-18-19-53-37(25-52)40(51-41(53)27-14-20-61-21-15-27)30-7-4-6-28-22-35(49-24-32(28)30)29-10-11-34(48-23-29)42(57)47-17-3-2-16-46-33-9-5-8-31-39(33)45(60)54(44(31)59)36-12-13-38(56)50-43(36)58/h4-11,22-24,27,36,46H,2-3,12-21,25H2,1H3,(H,47,57)(H,50,56,58). The molecule has 4 aliphatic heterocycles. The number of imide groups is 2. The molecule has 9 rings (SSSR count). The third kappa shape index (κ3) is 7.63. The number of fused-ring (bicyclic) bond motifs is 3. The van der Waals surface area contributed by atoms with Crippen molar-refractivity contribution in [2.45, 2.75) is 70.5 Å². The van der Waals surface area contributed by atoms with Crippen LogP contribution in [0.4, 0.5) is 5.69 Å². The smallest absolute Gasteiger partial charge is 0.269 e. The topological polar surface area (TPSA) is 198 Å².